The van der Waals surface area contributed by atoms with Gasteiger partial charge in [-0.25, -0.2) is 4.79 Å². The van der Waals surface area contributed by atoms with Crippen LogP contribution in [0.15, 0.2) is 12.3 Å². The fourth-order valence-corrected chi connectivity index (χ4v) is 0.990. The molecule has 0 amide bonds. The van der Waals surface area contributed by atoms with E-state index in [-0.39, 0.29) is 0 Å². The van der Waals surface area contributed by atoms with Crippen LogP contribution in [0.5, 0.6) is 0 Å². The largest absolute Gasteiger partial charge is 0.465 e. The van der Waals surface area contributed by atoms with E-state index in [2.05, 4.69) is 9.72 Å². The van der Waals surface area contributed by atoms with Crippen LogP contribution in [0.4, 0.5) is 0 Å². The third kappa shape index (κ3) is 1.74. The van der Waals surface area contributed by atoms with Crippen molar-refractivity contribution >= 4 is 17.6 Å². The standard InChI is InChI=1S/C8H8ClNO2/c1-5-3-6(8(11)12-2)7(9)4-10-5/h3-4H,1-2H3. The molecule has 0 bridgehead atoms. The number of aryl methyl sites for hydroxylation is 1. The highest BCUT2D eigenvalue weighted by atomic mass is 35.5. The van der Waals surface area contributed by atoms with Crippen molar-refractivity contribution in [2.45, 2.75) is 6.92 Å². The van der Waals surface area contributed by atoms with Crippen LogP contribution in [-0.2, 0) is 4.74 Å². The van der Waals surface area contributed by atoms with E-state index in [9.17, 15) is 4.79 Å². The van der Waals surface area contributed by atoms with Crippen molar-refractivity contribution in [2.24, 2.45) is 0 Å². The quantitative estimate of drug-likeness (QED) is 0.627. The second kappa shape index (κ2) is 3.54. The molecule has 3 nitrogen and oxygen atoms in total. The van der Waals surface area contributed by atoms with Gasteiger partial charge in [-0.15, -0.1) is 0 Å². The van der Waals surface area contributed by atoms with Gasteiger partial charge >= 0.3 is 5.97 Å². The smallest absolute Gasteiger partial charge is 0.339 e. The van der Waals surface area contributed by atoms with Crippen molar-refractivity contribution in [3.8, 4) is 0 Å². The van der Waals surface area contributed by atoms with E-state index >= 15 is 0 Å². The first kappa shape index (κ1) is 9.00. The van der Waals surface area contributed by atoms with E-state index in [4.69, 9.17) is 11.6 Å². The third-order valence-corrected chi connectivity index (χ3v) is 1.70. The number of methoxy groups -OCH3 is 1. The monoisotopic (exact) mass is 185 g/mol. The fourth-order valence-electron chi connectivity index (χ4n) is 0.810. The van der Waals surface area contributed by atoms with Crippen molar-refractivity contribution in [1.82, 2.24) is 4.98 Å². The predicted molar refractivity (Wildman–Crippen MR) is 45.3 cm³/mol. The number of pyridine rings is 1. The molecule has 1 aromatic rings. The zero-order chi connectivity index (χ0) is 9.14. The van der Waals surface area contributed by atoms with E-state index in [0.29, 0.717) is 10.6 Å². The van der Waals surface area contributed by atoms with Crippen LogP contribution in [0.3, 0.4) is 0 Å². The molecule has 0 aliphatic heterocycles. The number of carbonyl (C=O) groups is 1. The summed E-state index contributed by atoms with van der Waals surface area (Å²) in [5.74, 6) is -0.439. The minimum Gasteiger partial charge on any atom is -0.465 e. The van der Waals surface area contributed by atoms with Crippen molar-refractivity contribution in [1.29, 1.82) is 0 Å². The lowest BCUT2D eigenvalue weighted by molar-refractivity contribution is 0.0600. The summed E-state index contributed by atoms with van der Waals surface area (Å²) in [5.41, 5.74) is 1.09. The summed E-state index contributed by atoms with van der Waals surface area (Å²) >= 11 is 5.71. The zero-order valence-corrected chi connectivity index (χ0v) is 7.55. The number of hydrogen-bond donors (Lipinski definition) is 0. The molecule has 64 valence electrons. The Morgan fingerprint density at radius 2 is 2.33 bits per heavy atom. The Hall–Kier alpha value is -1.09. The summed E-state index contributed by atoms with van der Waals surface area (Å²) in [6, 6.07) is 1.59. The summed E-state index contributed by atoms with van der Waals surface area (Å²) in [7, 11) is 1.31. The van der Waals surface area contributed by atoms with Crippen LogP contribution >= 0.6 is 11.6 Å². The Kier molecular flexibility index (Phi) is 2.65. The highest BCUT2D eigenvalue weighted by Crippen LogP contribution is 2.15. The van der Waals surface area contributed by atoms with E-state index in [1.807, 2.05) is 0 Å². The van der Waals surface area contributed by atoms with Gasteiger partial charge in [-0.1, -0.05) is 11.6 Å². The van der Waals surface area contributed by atoms with Gasteiger partial charge in [-0.2, -0.15) is 0 Å². The molecule has 12 heavy (non-hydrogen) atoms. The molecule has 0 spiro atoms. The van der Waals surface area contributed by atoms with E-state index < -0.39 is 5.97 Å². The van der Waals surface area contributed by atoms with Gasteiger partial charge in [0.1, 0.15) is 0 Å². The molecule has 0 aromatic carbocycles. The fraction of sp³-hybridized carbons (Fsp3) is 0.250. The highest BCUT2D eigenvalue weighted by Gasteiger charge is 2.10. The normalized spacial score (nSPS) is 9.58. The average Bonchev–Trinajstić information content (AvgIpc) is 2.08. The van der Waals surface area contributed by atoms with Crippen molar-refractivity contribution in [3.05, 3.63) is 28.5 Å². The average molecular weight is 186 g/mol. The second-order valence-corrected chi connectivity index (χ2v) is 2.70. The van der Waals surface area contributed by atoms with Gasteiger partial charge in [-0.05, 0) is 13.0 Å². The lowest BCUT2D eigenvalue weighted by atomic mass is 10.2. The van der Waals surface area contributed by atoms with Crippen LogP contribution in [0.2, 0.25) is 5.02 Å². The highest BCUT2D eigenvalue weighted by molar-refractivity contribution is 6.33. The Labute approximate surface area is 75.3 Å². The first-order valence-electron chi connectivity index (χ1n) is 3.35. The molecule has 0 radical (unpaired) electrons. The third-order valence-electron chi connectivity index (χ3n) is 1.40. The van der Waals surface area contributed by atoms with Crippen LogP contribution in [0.25, 0.3) is 0 Å². The first-order valence-corrected chi connectivity index (χ1v) is 3.73. The van der Waals surface area contributed by atoms with Gasteiger partial charge in [0, 0.05) is 11.9 Å². The Balaban J connectivity index is 3.13. The molecule has 0 aliphatic carbocycles. The lowest BCUT2D eigenvalue weighted by Crippen LogP contribution is -2.03. The number of carbonyl (C=O) groups excluding carboxylic acids is 1. The molecule has 1 aromatic heterocycles. The molecule has 0 saturated heterocycles. The maximum atomic E-state index is 11.1. The lowest BCUT2D eigenvalue weighted by Gasteiger charge is -2.01. The molecule has 0 atom stereocenters. The second-order valence-electron chi connectivity index (χ2n) is 2.30. The van der Waals surface area contributed by atoms with Crippen molar-refractivity contribution in [2.75, 3.05) is 7.11 Å². The Bertz CT molecular complexity index is 312. The zero-order valence-electron chi connectivity index (χ0n) is 6.80. The summed E-state index contributed by atoms with van der Waals surface area (Å²) in [4.78, 5) is 15.0. The van der Waals surface area contributed by atoms with Crippen molar-refractivity contribution in [3.63, 3.8) is 0 Å². The Morgan fingerprint density at radius 3 is 2.92 bits per heavy atom. The van der Waals surface area contributed by atoms with E-state index in [1.165, 1.54) is 13.3 Å². The van der Waals surface area contributed by atoms with E-state index in [1.54, 1.807) is 13.0 Å². The molecule has 0 fully saturated rings. The number of hydrogen-bond acceptors (Lipinski definition) is 3. The number of halogens is 1. The summed E-state index contributed by atoms with van der Waals surface area (Å²) in [6.07, 6.45) is 1.43. The minimum absolute atomic E-state index is 0.312. The molecule has 1 heterocycles. The van der Waals surface area contributed by atoms with Gasteiger partial charge in [0.2, 0.25) is 0 Å². The van der Waals surface area contributed by atoms with Gasteiger partial charge in [0.05, 0.1) is 17.7 Å². The molecule has 1 rings (SSSR count). The van der Waals surface area contributed by atoms with Gasteiger partial charge in [0.15, 0.2) is 0 Å². The number of esters is 1. The van der Waals surface area contributed by atoms with Crippen LogP contribution < -0.4 is 0 Å². The summed E-state index contributed by atoms with van der Waals surface area (Å²) < 4.78 is 4.52. The van der Waals surface area contributed by atoms with Crippen LogP contribution in [0.1, 0.15) is 16.1 Å². The molecule has 0 saturated carbocycles. The molecule has 0 unspecified atom stereocenters. The molecule has 4 heteroatoms. The molecule has 0 aliphatic rings. The van der Waals surface area contributed by atoms with Crippen LogP contribution in [0, 0.1) is 6.92 Å². The van der Waals surface area contributed by atoms with Gasteiger partial charge < -0.3 is 4.74 Å². The maximum Gasteiger partial charge on any atom is 0.339 e. The van der Waals surface area contributed by atoms with Crippen molar-refractivity contribution < 1.29 is 9.53 Å². The molecular formula is C8H8ClNO2. The van der Waals surface area contributed by atoms with Gasteiger partial charge in [-0.3, -0.25) is 4.98 Å². The number of nitrogens with zero attached hydrogens (tertiary/aromatic N) is 1. The van der Waals surface area contributed by atoms with Crippen LogP contribution in [-0.4, -0.2) is 18.1 Å². The number of rotatable bonds is 1. The summed E-state index contributed by atoms with van der Waals surface area (Å²) in [5, 5.41) is 0.312. The minimum atomic E-state index is -0.439. The topological polar surface area (TPSA) is 39.2 Å². The SMILES string of the molecule is COC(=O)c1cc(C)ncc1Cl. The molecule has 0 N–H and O–H groups in total. The molecular weight excluding hydrogens is 178 g/mol. The van der Waals surface area contributed by atoms with Gasteiger partial charge in [0.25, 0.3) is 0 Å². The maximum absolute atomic E-state index is 11.1. The summed E-state index contributed by atoms with van der Waals surface area (Å²) in [6.45, 7) is 1.78. The first-order chi connectivity index (χ1) is 5.65. The number of ether oxygens (including phenoxy) is 1. The predicted octanol–water partition coefficient (Wildman–Crippen LogP) is 1.83. The Morgan fingerprint density at radius 1 is 1.67 bits per heavy atom. The van der Waals surface area contributed by atoms with E-state index in [0.717, 1.165) is 5.69 Å². The number of aromatic nitrogens is 1.